The lowest BCUT2D eigenvalue weighted by molar-refractivity contribution is -0.0883. The monoisotopic (exact) mass is 155 g/mol. The molecule has 0 atom stereocenters. The first-order valence-electron chi connectivity index (χ1n) is 4.63. The molecular weight excluding hydrogens is 138 g/mol. The summed E-state index contributed by atoms with van der Waals surface area (Å²) in [6.45, 7) is 5.28. The minimum absolute atomic E-state index is 0.176. The number of nitrogens with one attached hydrogen (secondary N) is 1. The van der Waals surface area contributed by atoms with Crippen molar-refractivity contribution < 1.29 is 4.74 Å². The number of ether oxygens (including phenoxy) is 1. The van der Waals surface area contributed by atoms with Crippen LogP contribution < -0.4 is 5.32 Å². The summed E-state index contributed by atoms with van der Waals surface area (Å²) in [4.78, 5) is 0. The van der Waals surface area contributed by atoms with Gasteiger partial charge in [0.05, 0.1) is 12.2 Å². The third kappa shape index (κ3) is 1.57. The summed E-state index contributed by atoms with van der Waals surface area (Å²) in [5.41, 5.74) is 0.176. The van der Waals surface area contributed by atoms with Crippen LogP contribution in [0.2, 0.25) is 0 Å². The SMILES string of the molecule is CC1(OCC2CCC2)CNC1. The smallest absolute Gasteiger partial charge is 0.0901 e. The molecule has 11 heavy (non-hydrogen) atoms. The Hall–Kier alpha value is -0.0800. The Morgan fingerprint density at radius 2 is 2.18 bits per heavy atom. The van der Waals surface area contributed by atoms with Gasteiger partial charge in [0, 0.05) is 13.1 Å². The zero-order chi connectivity index (χ0) is 7.73. The Bertz CT molecular complexity index is 138. The fourth-order valence-corrected chi connectivity index (χ4v) is 1.56. The van der Waals surface area contributed by atoms with Crippen molar-refractivity contribution >= 4 is 0 Å². The fourth-order valence-electron chi connectivity index (χ4n) is 1.56. The molecule has 2 rings (SSSR count). The number of rotatable bonds is 3. The predicted octanol–water partition coefficient (Wildman–Crippen LogP) is 1.17. The van der Waals surface area contributed by atoms with Crippen LogP contribution in [0.4, 0.5) is 0 Å². The van der Waals surface area contributed by atoms with Crippen molar-refractivity contribution in [2.45, 2.75) is 31.8 Å². The summed E-state index contributed by atoms with van der Waals surface area (Å²) in [5.74, 6) is 0.882. The van der Waals surface area contributed by atoms with Crippen molar-refractivity contribution in [2.75, 3.05) is 19.7 Å². The molecule has 0 radical (unpaired) electrons. The van der Waals surface area contributed by atoms with E-state index in [4.69, 9.17) is 4.74 Å². The van der Waals surface area contributed by atoms with E-state index in [2.05, 4.69) is 12.2 Å². The van der Waals surface area contributed by atoms with Gasteiger partial charge in [-0.3, -0.25) is 0 Å². The maximum absolute atomic E-state index is 5.81. The van der Waals surface area contributed by atoms with Gasteiger partial charge in [-0.25, -0.2) is 0 Å². The Labute approximate surface area is 68.3 Å². The van der Waals surface area contributed by atoms with Crippen molar-refractivity contribution in [3.63, 3.8) is 0 Å². The topological polar surface area (TPSA) is 21.3 Å². The first-order chi connectivity index (χ1) is 5.29. The lowest BCUT2D eigenvalue weighted by atomic mass is 9.86. The van der Waals surface area contributed by atoms with Gasteiger partial charge in [0.2, 0.25) is 0 Å². The fraction of sp³-hybridized carbons (Fsp3) is 1.00. The highest BCUT2D eigenvalue weighted by molar-refractivity contribution is 4.90. The van der Waals surface area contributed by atoms with Crippen LogP contribution in [0, 0.1) is 5.92 Å². The third-order valence-corrected chi connectivity index (χ3v) is 2.89. The molecule has 0 spiro atoms. The number of hydrogen-bond acceptors (Lipinski definition) is 2. The first-order valence-corrected chi connectivity index (χ1v) is 4.63. The molecule has 1 saturated carbocycles. The second-order valence-electron chi connectivity index (χ2n) is 4.16. The van der Waals surface area contributed by atoms with E-state index in [1.165, 1.54) is 19.3 Å². The minimum atomic E-state index is 0.176. The summed E-state index contributed by atoms with van der Waals surface area (Å²) in [5, 5.41) is 3.24. The summed E-state index contributed by atoms with van der Waals surface area (Å²) in [6.07, 6.45) is 4.20. The zero-order valence-electron chi connectivity index (χ0n) is 7.23. The predicted molar refractivity (Wildman–Crippen MR) is 44.6 cm³/mol. The van der Waals surface area contributed by atoms with Crippen LogP contribution in [0.5, 0.6) is 0 Å². The molecule has 64 valence electrons. The van der Waals surface area contributed by atoms with Gasteiger partial charge in [0.25, 0.3) is 0 Å². The molecule has 0 aromatic carbocycles. The van der Waals surface area contributed by atoms with Crippen molar-refractivity contribution in [1.29, 1.82) is 0 Å². The largest absolute Gasteiger partial charge is 0.372 e. The van der Waals surface area contributed by atoms with E-state index in [0.29, 0.717) is 0 Å². The van der Waals surface area contributed by atoms with Crippen LogP contribution >= 0.6 is 0 Å². The number of hydrogen-bond donors (Lipinski definition) is 1. The molecule has 2 nitrogen and oxygen atoms in total. The van der Waals surface area contributed by atoms with Crippen LogP contribution in [0.3, 0.4) is 0 Å². The second-order valence-corrected chi connectivity index (χ2v) is 4.16. The Morgan fingerprint density at radius 1 is 1.45 bits per heavy atom. The van der Waals surface area contributed by atoms with Crippen molar-refractivity contribution in [1.82, 2.24) is 5.32 Å². The van der Waals surface area contributed by atoms with Gasteiger partial charge in [-0.2, -0.15) is 0 Å². The van der Waals surface area contributed by atoms with Crippen molar-refractivity contribution in [3.8, 4) is 0 Å². The Morgan fingerprint density at radius 3 is 2.55 bits per heavy atom. The highest BCUT2D eigenvalue weighted by Crippen LogP contribution is 2.28. The molecule has 0 aromatic rings. The molecule has 0 amide bonds. The van der Waals surface area contributed by atoms with Crippen LogP contribution in [-0.4, -0.2) is 25.3 Å². The molecule has 1 aliphatic carbocycles. The molecule has 1 saturated heterocycles. The van der Waals surface area contributed by atoms with Gasteiger partial charge in [-0.1, -0.05) is 6.42 Å². The van der Waals surface area contributed by atoms with E-state index in [-0.39, 0.29) is 5.60 Å². The highest BCUT2D eigenvalue weighted by Gasteiger charge is 2.33. The average Bonchev–Trinajstić information content (AvgIpc) is 1.81. The standard InChI is InChI=1S/C9H17NO/c1-9(6-10-7-9)11-5-8-3-2-4-8/h8,10H,2-7H2,1H3. The highest BCUT2D eigenvalue weighted by atomic mass is 16.5. The van der Waals surface area contributed by atoms with E-state index < -0.39 is 0 Å². The molecule has 1 N–H and O–H groups in total. The summed E-state index contributed by atoms with van der Waals surface area (Å²) in [7, 11) is 0. The minimum Gasteiger partial charge on any atom is -0.372 e. The van der Waals surface area contributed by atoms with E-state index in [9.17, 15) is 0 Å². The summed E-state index contributed by atoms with van der Waals surface area (Å²) < 4.78 is 5.81. The molecule has 0 unspecified atom stereocenters. The zero-order valence-corrected chi connectivity index (χ0v) is 7.23. The molecule has 2 fully saturated rings. The quantitative estimate of drug-likeness (QED) is 0.660. The first kappa shape index (κ1) is 7.56. The van der Waals surface area contributed by atoms with Gasteiger partial charge in [-0.05, 0) is 25.7 Å². The normalized spacial score (nSPS) is 29.2. The van der Waals surface area contributed by atoms with Gasteiger partial charge in [0.1, 0.15) is 0 Å². The Kier molecular flexibility index (Phi) is 1.90. The van der Waals surface area contributed by atoms with E-state index in [0.717, 1.165) is 25.6 Å². The van der Waals surface area contributed by atoms with Gasteiger partial charge < -0.3 is 10.1 Å². The lowest BCUT2D eigenvalue weighted by Crippen LogP contribution is -2.59. The van der Waals surface area contributed by atoms with Crippen LogP contribution in [0.25, 0.3) is 0 Å². The van der Waals surface area contributed by atoms with E-state index in [1.807, 2.05) is 0 Å². The molecule has 1 aliphatic heterocycles. The van der Waals surface area contributed by atoms with Crippen LogP contribution in [0.15, 0.2) is 0 Å². The summed E-state index contributed by atoms with van der Waals surface area (Å²) in [6, 6.07) is 0. The second kappa shape index (κ2) is 2.76. The van der Waals surface area contributed by atoms with Crippen molar-refractivity contribution in [3.05, 3.63) is 0 Å². The molecule has 2 heteroatoms. The molecule has 0 aromatic heterocycles. The molecule has 2 aliphatic rings. The van der Waals surface area contributed by atoms with Gasteiger partial charge >= 0.3 is 0 Å². The molecule has 0 bridgehead atoms. The lowest BCUT2D eigenvalue weighted by Gasteiger charge is -2.41. The van der Waals surface area contributed by atoms with Crippen molar-refractivity contribution in [2.24, 2.45) is 5.92 Å². The average molecular weight is 155 g/mol. The maximum atomic E-state index is 5.81. The van der Waals surface area contributed by atoms with E-state index >= 15 is 0 Å². The Balaban J connectivity index is 1.64. The maximum Gasteiger partial charge on any atom is 0.0901 e. The van der Waals surface area contributed by atoms with E-state index in [1.54, 1.807) is 0 Å². The van der Waals surface area contributed by atoms with Crippen LogP contribution in [-0.2, 0) is 4.74 Å². The molecular formula is C9H17NO. The summed E-state index contributed by atoms with van der Waals surface area (Å²) >= 11 is 0. The third-order valence-electron chi connectivity index (χ3n) is 2.89. The van der Waals surface area contributed by atoms with Crippen LogP contribution in [0.1, 0.15) is 26.2 Å². The van der Waals surface area contributed by atoms with Gasteiger partial charge in [-0.15, -0.1) is 0 Å². The molecule has 1 heterocycles. The van der Waals surface area contributed by atoms with Gasteiger partial charge in [0.15, 0.2) is 0 Å².